The van der Waals surface area contributed by atoms with Crippen LogP contribution in [-0.2, 0) is 0 Å². The van der Waals surface area contributed by atoms with Gasteiger partial charge in [-0.3, -0.25) is 0 Å². The Morgan fingerprint density at radius 2 is 1.93 bits per heavy atom. The lowest BCUT2D eigenvalue weighted by Gasteiger charge is -2.30. The van der Waals surface area contributed by atoms with Crippen LogP contribution in [0.25, 0.3) is 0 Å². The SMILES string of the molecule is Cc1cc(OCCCC2CCN(c3nc(C(C)C)no3)CC2)cc(C)c1C(=O)O. The molecule has 0 bridgehead atoms. The third-order valence-electron chi connectivity index (χ3n) is 5.58. The largest absolute Gasteiger partial charge is 0.494 e. The predicted octanol–water partition coefficient (Wildman–Crippen LogP) is 4.58. The van der Waals surface area contributed by atoms with E-state index >= 15 is 0 Å². The number of piperidine rings is 1. The second-order valence-corrected chi connectivity index (χ2v) is 8.25. The molecule has 1 aromatic heterocycles. The van der Waals surface area contributed by atoms with Crippen molar-refractivity contribution in [2.24, 2.45) is 5.92 Å². The topological polar surface area (TPSA) is 88.7 Å². The van der Waals surface area contributed by atoms with Crippen molar-refractivity contribution >= 4 is 12.0 Å². The Hall–Kier alpha value is -2.57. The van der Waals surface area contributed by atoms with Gasteiger partial charge in [0.15, 0.2) is 5.82 Å². The average Bonchev–Trinajstić information content (AvgIpc) is 3.15. The number of carboxylic acids is 1. The van der Waals surface area contributed by atoms with E-state index in [1.165, 1.54) is 0 Å². The molecule has 1 aliphatic heterocycles. The van der Waals surface area contributed by atoms with E-state index < -0.39 is 5.97 Å². The Bertz CT molecular complexity index is 815. The van der Waals surface area contributed by atoms with Gasteiger partial charge in [0, 0.05) is 19.0 Å². The van der Waals surface area contributed by atoms with Gasteiger partial charge in [0.25, 0.3) is 0 Å². The molecule has 0 spiro atoms. The molecule has 0 radical (unpaired) electrons. The Balaban J connectivity index is 1.40. The van der Waals surface area contributed by atoms with Crippen molar-refractivity contribution in [3.63, 3.8) is 0 Å². The minimum absolute atomic E-state index is 0.276. The molecule has 3 rings (SSSR count). The number of rotatable bonds is 8. The van der Waals surface area contributed by atoms with Gasteiger partial charge in [-0.2, -0.15) is 4.98 Å². The van der Waals surface area contributed by atoms with Crippen molar-refractivity contribution < 1.29 is 19.2 Å². The lowest BCUT2D eigenvalue weighted by molar-refractivity contribution is 0.0695. The molecule has 0 saturated carbocycles. The monoisotopic (exact) mass is 401 g/mol. The Morgan fingerprint density at radius 3 is 2.48 bits per heavy atom. The van der Waals surface area contributed by atoms with Crippen molar-refractivity contribution in [3.05, 3.63) is 34.6 Å². The summed E-state index contributed by atoms with van der Waals surface area (Å²) in [6.07, 6.45) is 4.34. The maximum Gasteiger partial charge on any atom is 0.336 e. The molecule has 0 atom stereocenters. The molecule has 7 nitrogen and oxygen atoms in total. The van der Waals surface area contributed by atoms with Crippen LogP contribution in [0, 0.1) is 19.8 Å². The zero-order valence-electron chi connectivity index (χ0n) is 17.8. The molecule has 0 aliphatic carbocycles. The van der Waals surface area contributed by atoms with E-state index in [9.17, 15) is 9.90 Å². The van der Waals surface area contributed by atoms with Crippen molar-refractivity contribution in [2.45, 2.75) is 59.3 Å². The Labute approximate surface area is 172 Å². The second kappa shape index (κ2) is 9.29. The van der Waals surface area contributed by atoms with Gasteiger partial charge in [0.2, 0.25) is 0 Å². The van der Waals surface area contributed by atoms with E-state index in [1.54, 1.807) is 0 Å². The third-order valence-corrected chi connectivity index (χ3v) is 5.58. The van der Waals surface area contributed by atoms with E-state index in [4.69, 9.17) is 9.26 Å². The first-order valence-electron chi connectivity index (χ1n) is 10.4. The summed E-state index contributed by atoms with van der Waals surface area (Å²) in [5.74, 6) is 1.58. The highest BCUT2D eigenvalue weighted by Crippen LogP contribution is 2.27. The van der Waals surface area contributed by atoms with Crippen LogP contribution >= 0.6 is 0 Å². The summed E-state index contributed by atoms with van der Waals surface area (Å²) >= 11 is 0. The minimum Gasteiger partial charge on any atom is -0.494 e. The van der Waals surface area contributed by atoms with Crippen LogP contribution < -0.4 is 9.64 Å². The van der Waals surface area contributed by atoms with Gasteiger partial charge in [-0.1, -0.05) is 19.0 Å². The van der Waals surface area contributed by atoms with Crippen LogP contribution in [0.3, 0.4) is 0 Å². The molecule has 7 heteroatoms. The van der Waals surface area contributed by atoms with E-state index in [2.05, 4.69) is 28.9 Å². The molecule has 158 valence electrons. The fourth-order valence-corrected chi connectivity index (χ4v) is 3.91. The Morgan fingerprint density at radius 1 is 1.28 bits per heavy atom. The first-order chi connectivity index (χ1) is 13.8. The number of carbonyl (C=O) groups is 1. The van der Waals surface area contributed by atoms with Crippen molar-refractivity contribution in [3.8, 4) is 5.75 Å². The molecule has 0 unspecified atom stereocenters. The molecule has 1 saturated heterocycles. The summed E-state index contributed by atoms with van der Waals surface area (Å²) in [5.41, 5.74) is 1.84. The maximum absolute atomic E-state index is 11.3. The van der Waals surface area contributed by atoms with E-state index in [0.29, 0.717) is 24.1 Å². The summed E-state index contributed by atoms with van der Waals surface area (Å²) in [5, 5.41) is 13.3. The lowest BCUT2D eigenvalue weighted by atomic mass is 9.92. The number of carboxylic acid groups (broad SMARTS) is 1. The highest BCUT2D eigenvalue weighted by Gasteiger charge is 2.23. The van der Waals surface area contributed by atoms with E-state index in [0.717, 1.165) is 61.5 Å². The first kappa shape index (κ1) is 21.1. The summed E-state index contributed by atoms with van der Waals surface area (Å²) < 4.78 is 11.3. The van der Waals surface area contributed by atoms with Crippen LogP contribution in [0.1, 0.15) is 72.8 Å². The molecular formula is C22H31N3O4. The van der Waals surface area contributed by atoms with Gasteiger partial charge in [0.05, 0.1) is 12.2 Å². The number of aryl methyl sites for hydroxylation is 2. The number of aromatic nitrogens is 2. The van der Waals surface area contributed by atoms with Crippen LogP contribution in [0.2, 0.25) is 0 Å². The van der Waals surface area contributed by atoms with Crippen LogP contribution in [-0.4, -0.2) is 40.9 Å². The van der Waals surface area contributed by atoms with Crippen LogP contribution in [0.15, 0.2) is 16.7 Å². The lowest BCUT2D eigenvalue weighted by Crippen LogP contribution is -2.34. The molecule has 1 fully saturated rings. The minimum atomic E-state index is -0.890. The van der Waals surface area contributed by atoms with Gasteiger partial charge in [-0.05, 0) is 68.7 Å². The highest BCUT2D eigenvalue weighted by molar-refractivity contribution is 5.91. The summed E-state index contributed by atoms with van der Waals surface area (Å²) in [6, 6.07) is 4.27. The second-order valence-electron chi connectivity index (χ2n) is 8.25. The fraction of sp³-hybridized carbons (Fsp3) is 0.591. The number of hydrogen-bond donors (Lipinski definition) is 1. The molecule has 2 aromatic rings. The summed E-state index contributed by atoms with van der Waals surface area (Å²) in [6.45, 7) is 10.3. The number of hydrogen-bond acceptors (Lipinski definition) is 6. The molecule has 1 aliphatic rings. The number of benzene rings is 1. The maximum atomic E-state index is 11.3. The number of aromatic carboxylic acids is 1. The van der Waals surface area contributed by atoms with Crippen molar-refractivity contribution in [1.29, 1.82) is 0 Å². The normalized spacial score (nSPS) is 15.1. The molecule has 0 amide bonds. The van der Waals surface area contributed by atoms with Crippen LogP contribution in [0.5, 0.6) is 5.75 Å². The highest BCUT2D eigenvalue weighted by atomic mass is 16.5. The molecule has 29 heavy (non-hydrogen) atoms. The van der Waals surface area contributed by atoms with Crippen molar-refractivity contribution in [2.75, 3.05) is 24.6 Å². The smallest absolute Gasteiger partial charge is 0.336 e. The van der Waals surface area contributed by atoms with E-state index in [-0.39, 0.29) is 5.92 Å². The quantitative estimate of drug-likeness (QED) is 0.647. The zero-order valence-corrected chi connectivity index (χ0v) is 17.8. The molecular weight excluding hydrogens is 370 g/mol. The first-order valence-corrected chi connectivity index (χ1v) is 10.4. The van der Waals surface area contributed by atoms with Gasteiger partial charge in [0.1, 0.15) is 5.75 Å². The number of ether oxygens (including phenoxy) is 1. The molecule has 2 heterocycles. The predicted molar refractivity (Wildman–Crippen MR) is 111 cm³/mol. The van der Waals surface area contributed by atoms with Crippen LogP contribution in [0.4, 0.5) is 6.01 Å². The Kier molecular flexibility index (Phi) is 6.77. The van der Waals surface area contributed by atoms with Gasteiger partial charge in [-0.25, -0.2) is 4.79 Å². The molecule has 1 aromatic carbocycles. The van der Waals surface area contributed by atoms with E-state index in [1.807, 2.05) is 26.0 Å². The average molecular weight is 402 g/mol. The summed E-state index contributed by atoms with van der Waals surface area (Å²) in [4.78, 5) is 17.9. The fourth-order valence-electron chi connectivity index (χ4n) is 3.91. The molecule has 1 N–H and O–H groups in total. The van der Waals surface area contributed by atoms with Gasteiger partial charge < -0.3 is 19.3 Å². The summed E-state index contributed by atoms with van der Waals surface area (Å²) in [7, 11) is 0. The third kappa shape index (κ3) is 5.28. The van der Waals surface area contributed by atoms with Gasteiger partial charge >= 0.3 is 12.0 Å². The number of anilines is 1. The van der Waals surface area contributed by atoms with Crippen molar-refractivity contribution in [1.82, 2.24) is 10.1 Å². The zero-order chi connectivity index (χ0) is 21.0. The standard InChI is InChI=1S/C22H31N3O4/c1-14(2)20-23-22(29-24-20)25-9-7-17(8-10-25)6-5-11-28-18-12-15(3)19(21(26)27)16(4)13-18/h12-14,17H,5-11H2,1-4H3,(H,26,27). The number of nitrogens with zero attached hydrogens (tertiary/aromatic N) is 3. The van der Waals surface area contributed by atoms with Gasteiger partial charge in [-0.15, -0.1) is 0 Å².